The van der Waals surface area contributed by atoms with Crippen molar-refractivity contribution in [1.29, 1.82) is 5.26 Å². The van der Waals surface area contributed by atoms with Gasteiger partial charge in [0.05, 0.1) is 18.1 Å². The second-order valence-corrected chi connectivity index (χ2v) is 4.33. The van der Waals surface area contributed by atoms with Crippen molar-refractivity contribution in [2.75, 3.05) is 6.61 Å². The Morgan fingerprint density at radius 1 is 1.40 bits per heavy atom. The van der Waals surface area contributed by atoms with E-state index in [0.717, 1.165) is 12.0 Å². The second kappa shape index (κ2) is 4.40. The summed E-state index contributed by atoms with van der Waals surface area (Å²) in [5, 5.41) is 10.1. The van der Waals surface area contributed by atoms with Crippen molar-refractivity contribution in [3.63, 3.8) is 0 Å². The van der Waals surface area contributed by atoms with E-state index in [1.165, 1.54) is 0 Å². The van der Waals surface area contributed by atoms with Crippen LogP contribution >= 0.6 is 23.2 Å². The summed E-state index contributed by atoms with van der Waals surface area (Å²) >= 11 is 11.9. The molecule has 1 aromatic carbocycles. The minimum Gasteiger partial charge on any atom is -0.372 e. The van der Waals surface area contributed by atoms with E-state index >= 15 is 0 Å². The van der Waals surface area contributed by atoms with Crippen LogP contribution in [0.4, 0.5) is 0 Å². The fraction of sp³-hybridized carbons (Fsp3) is 0.364. The number of halogens is 2. The molecule has 1 aliphatic rings. The third kappa shape index (κ3) is 2.10. The molecule has 1 fully saturated rings. The summed E-state index contributed by atoms with van der Waals surface area (Å²) < 4.78 is 5.51. The standard InChI is InChI=1S/C11H9Cl2NO/c12-8-1-2-9(10(13)5-8)11-7(6-14)3-4-15-11/h1-2,5,7,11H,3-4H2. The summed E-state index contributed by atoms with van der Waals surface area (Å²) in [6.07, 6.45) is 0.555. The van der Waals surface area contributed by atoms with Crippen molar-refractivity contribution in [2.45, 2.75) is 12.5 Å². The van der Waals surface area contributed by atoms with Gasteiger partial charge >= 0.3 is 0 Å². The van der Waals surface area contributed by atoms with E-state index in [4.69, 9.17) is 33.2 Å². The van der Waals surface area contributed by atoms with Crippen LogP contribution in [0, 0.1) is 17.2 Å². The lowest BCUT2D eigenvalue weighted by atomic mass is 9.97. The molecule has 0 radical (unpaired) electrons. The fourth-order valence-corrected chi connectivity index (χ4v) is 2.28. The Balaban J connectivity index is 2.33. The van der Waals surface area contributed by atoms with E-state index in [2.05, 4.69) is 6.07 Å². The molecule has 0 bridgehead atoms. The van der Waals surface area contributed by atoms with Crippen molar-refractivity contribution in [2.24, 2.45) is 5.92 Å². The third-order valence-corrected chi connectivity index (χ3v) is 3.09. The van der Waals surface area contributed by atoms with Crippen molar-refractivity contribution < 1.29 is 4.74 Å². The Morgan fingerprint density at radius 3 is 2.87 bits per heavy atom. The minimum absolute atomic E-state index is 0.108. The van der Waals surface area contributed by atoms with E-state index in [0.29, 0.717) is 16.7 Å². The number of benzene rings is 1. The quantitative estimate of drug-likeness (QED) is 0.753. The summed E-state index contributed by atoms with van der Waals surface area (Å²) in [7, 11) is 0. The van der Waals surface area contributed by atoms with Crippen molar-refractivity contribution >= 4 is 23.2 Å². The van der Waals surface area contributed by atoms with Crippen molar-refractivity contribution in [1.82, 2.24) is 0 Å². The van der Waals surface area contributed by atoms with Gasteiger partial charge in [0.1, 0.15) is 0 Å². The summed E-state index contributed by atoms with van der Waals surface area (Å²) in [6, 6.07) is 7.50. The summed E-state index contributed by atoms with van der Waals surface area (Å²) in [6.45, 7) is 0.613. The fourth-order valence-electron chi connectivity index (χ4n) is 1.76. The van der Waals surface area contributed by atoms with E-state index < -0.39 is 0 Å². The van der Waals surface area contributed by atoms with Crippen molar-refractivity contribution in [3.8, 4) is 6.07 Å². The predicted octanol–water partition coefficient (Wildman–Crippen LogP) is 3.59. The predicted molar refractivity (Wildman–Crippen MR) is 58.9 cm³/mol. The van der Waals surface area contributed by atoms with Crippen LogP contribution in [0.2, 0.25) is 10.0 Å². The molecule has 0 aliphatic carbocycles. The van der Waals surface area contributed by atoms with Gasteiger partial charge in [0, 0.05) is 22.2 Å². The van der Waals surface area contributed by atoms with Gasteiger partial charge in [0.2, 0.25) is 0 Å². The lowest BCUT2D eigenvalue weighted by molar-refractivity contribution is 0.101. The zero-order valence-electron chi connectivity index (χ0n) is 7.91. The van der Waals surface area contributed by atoms with Gasteiger partial charge in [0.15, 0.2) is 0 Å². The highest BCUT2D eigenvalue weighted by atomic mass is 35.5. The molecule has 0 amide bonds. The Morgan fingerprint density at radius 2 is 2.20 bits per heavy atom. The number of nitriles is 1. The smallest absolute Gasteiger partial charge is 0.0998 e. The number of ether oxygens (including phenoxy) is 1. The maximum absolute atomic E-state index is 8.94. The average Bonchev–Trinajstić information content (AvgIpc) is 2.65. The molecule has 0 aromatic heterocycles. The SMILES string of the molecule is N#CC1CCOC1c1ccc(Cl)cc1Cl. The van der Waals surface area contributed by atoms with E-state index in [-0.39, 0.29) is 12.0 Å². The third-order valence-electron chi connectivity index (χ3n) is 2.53. The highest BCUT2D eigenvalue weighted by Crippen LogP contribution is 2.38. The van der Waals surface area contributed by atoms with Gasteiger partial charge in [-0.15, -0.1) is 0 Å². The Labute approximate surface area is 98.4 Å². The molecule has 0 spiro atoms. The zero-order chi connectivity index (χ0) is 10.8. The average molecular weight is 242 g/mol. The van der Waals surface area contributed by atoms with E-state index in [1.807, 2.05) is 6.07 Å². The van der Waals surface area contributed by atoms with Gasteiger partial charge in [-0.25, -0.2) is 0 Å². The van der Waals surface area contributed by atoms with Crippen LogP contribution in [0.1, 0.15) is 18.1 Å². The van der Waals surface area contributed by atoms with E-state index in [9.17, 15) is 0 Å². The lowest BCUT2D eigenvalue weighted by Gasteiger charge is -2.14. The van der Waals surface area contributed by atoms with Gasteiger partial charge < -0.3 is 4.74 Å². The van der Waals surface area contributed by atoms with Crippen LogP contribution in [-0.4, -0.2) is 6.61 Å². The zero-order valence-corrected chi connectivity index (χ0v) is 9.42. The molecule has 0 saturated carbocycles. The van der Waals surface area contributed by atoms with Gasteiger partial charge in [0.25, 0.3) is 0 Å². The molecular formula is C11H9Cl2NO. The van der Waals surface area contributed by atoms with Crippen LogP contribution in [0.5, 0.6) is 0 Å². The summed E-state index contributed by atoms with van der Waals surface area (Å²) in [5.74, 6) is -0.108. The molecule has 78 valence electrons. The first-order valence-corrected chi connectivity index (χ1v) is 5.44. The summed E-state index contributed by atoms with van der Waals surface area (Å²) in [4.78, 5) is 0. The molecule has 1 heterocycles. The molecule has 4 heteroatoms. The van der Waals surface area contributed by atoms with Crippen molar-refractivity contribution in [3.05, 3.63) is 33.8 Å². The monoisotopic (exact) mass is 241 g/mol. The highest BCUT2D eigenvalue weighted by Gasteiger charge is 2.30. The maximum atomic E-state index is 8.94. The number of hydrogen-bond acceptors (Lipinski definition) is 2. The van der Waals surface area contributed by atoms with Crippen LogP contribution < -0.4 is 0 Å². The van der Waals surface area contributed by atoms with Crippen LogP contribution in [0.25, 0.3) is 0 Å². The molecule has 2 nitrogen and oxygen atoms in total. The molecular weight excluding hydrogens is 233 g/mol. The molecule has 1 aromatic rings. The highest BCUT2D eigenvalue weighted by molar-refractivity contribution is 6.35. The number of rotatable bonds is 1. The van der Waals surface area contributed by atoms with Gasteiger partial charge in [-0.1, -0.05) is 29.3 Å². The first-order chi connectivity index (χ1) is 7.22. The first kappa shape index (κ1) is 10.8. The minimum atomic E-state index is -0.209. The molecule has 2 unspecified atom stereocenters. The molecule has 2 atom stereocenters. The Bertz CT molecular complexity index is 414. The van der Waals surface area contributed by atoms with Crippen LogP contribution in [0.3, 0.4) is 0 Å². The first-order valence-electron chi connectivity index (χ1n) is 4.68. The van der Waals surface area contributed by atoms with Gasteiger partial charge in [-0.3, -0.25) is 0 Å². The lowest BCUT2D eigenvalue weighted by Crippen LogP contribution is -2.05. The topological polar surface area (TPSA) is 33.0 Å². The number of hydrogen-bond donors (Lipinski definition) is 0. The van der Waals surface area contributed by atoms with Crippen LogP contribution in [0.15, 0.2) is 18.2 Å². The van der Waals surface area contributed by atoms with E-state index in [1.54, 1.807) is 12.1 Å². The molecule has 1 aliphatic heterocycles. The van der Waals surface area contributed by atoms with Gasteiger partial charge in [-0.05, 0) is 18.6 Å². The second-order valence-electron chi connectivity index (χ2n) is 3.48. The molecule has 1 saturated heterocycles. The Kier molecular flexibility index (Phi) is 3.16. The Hall–Kier alpha value is -0.750. The number of nitrogens with zero attached hydrogens (tertiary/aromatic N) is 1. The van der Waals surface area contributed by atoms with Gasteiger partial charge in [-0.2, -0.15) is 5.26 Å². The molecule has 15 heavy (non-hydrogen) atoms. The summed E-state index contributed by atoms with van der Waals surface area (Å²) in [5.41, 5.74) is 0.852. The molecule has 2 rings (SSSR count). The maximum Gasteiger partial charge on any atom is 0.0998 e. The molecule has 0 N–H and O–H groups in total. The largest absolute Gasteiger partial charge is 0.372 e. The van der Waals surface area contributed by atoms with Crippen LogP contribution in [-0.2, 0) is 4.74 Å². The normalized spacial score (nSPS) is 25.1.